The van der Waals surface area contributed by atoms with Crippen molar-refractivity contribution in [2.24, 2.45) is 0 Å². The molecular formula is C17H21FN4. The first kappa shape index (κ1) is 14.8. The van der Waals surface area contributed by atoms with Gasteiger partial charge >= 0.3 is 0 Å². The third-order valence-corrected chi connectivity index (χ3v) is 3.92. The predicted octanol–water partition coefficient (Wildman–Crippen LogP) is 3.61. The van der Waals surface area contributed by atoms with Crippen molar-refractivity contribution in [2.45, 2.75) is 32.2 Å². The Balaban J connectivity index is 1.64. The van der Waals surface area contributed by atoms with E-state index in [9.17, 15) is 4.39 Å². The van der Waals surface area contributed by atoms with E-state index in [0.717, 1.165) is 30.4 Å². The normalized spacial score (nSPS) is 15.4. The quantitative estimate of drug-likeness (QED) is 0.936. The highest BCUT2D eigenvalue weighted by Gasteiger charge is 2.12. The van der Waals surface area contributed by atoms with Crippen LogP contribution >= 0.6 is 0 Å². The highest BCUT2D eigenvalue weighted by atomic mass is 19.1. The minimum Gasteiger partial charge on any atom is -0.366 e. The van der Waals surface area contributed by atoms with Crippen molar-refractivity contribution < 1.29 is 4.39 Å². The zero-order chi connectivity index (χ0) is 15.2. The Bertz CT molecular complexity index is 592. The predicted molar refractivity (Wildman–Crippen MR) is 86.4 cm³/mol. The van der Waals surface area contributed by atoms with Crippen LogP contribution in [0.15, 0.2) is 36.5 Å². The van der Waals surface area contributed by atoms with E-state index >= 15 is 0 Å². The van der Waals surface area contributed by atoms with E-state index in [1.165, 1.54) is 37.8 Å². The molecular weight excluding hydrogens is 279 g/mol. The van der Waals surface area contributed by atoms with E-state index in [-0.39, 0.29) is 5.82 Å². The monoisotopic (exact) mass is 300 g/mol. The average Bonchev–Trinajstić information content (AvgIpc) is 2.84. The molecule has 4 nitrogen and oxygen atoms in total. The molecule has 0 saturated carbocycles. The van der Waals surface area contributed by atoms with Crippen LogP contribution in [0.2, 0.25) is 0 Å². The molecule has 0 bridgehead atoms. The van der Waals surface area contributed by atoms with E-state index in [1.54, 1.807) is 18.3 Å². The number of anilines is 2. The number of hydrogen-bond acceptors (Lipinski definition) is 4. The van der Waals surface area contributed by atoms with Crippen LogP contribution in [-0.4, -0.2) is 23.1 Å². The molecule has 0 atom stereocenters. The molecule has 1 aromatic heterocycles. The van der Waals surface area contributed by atoms with Crippen LogP contribution in [0, 0.1) is 5.82 Å². The van der Waals surface area contributed by atoms with Gasteiger partial charge in [-0.3, -0.25) is 0 Å². The van der Waals surface area contributed by atoms with Gasteiger partial charge in [0.1, 0.15) is 11.6 Å². The van der Waals surface area contributed by atoms with Crippen molar-refractivity contribution in [1.82, 2.24) is 9.97 Å². The smallest absolute Gasteiger partial charge is 0.227 e. The van der Waals surface area contributed by atoms with Crippen molar-refractivity contribution in [1.29, 1.82) is 0 Å². The molecule has 116 valence electrons. The second kappa shape index (κ2) is 7.20. The molecule has 1 saturated heterocycles. The lowest BCUT2D eigenvalue weighted by atomic mass is 10.2. The Morgan fingerprint density at radius 2 is 1.73 bits per heavy atom. The summed E-state index contributed by atoms with van der Waals surface area (Å²) >= 11 is 0. The number of nitrogens with zero attached hydrogens (tertiary/aromatic N) is 3. The maximum atomic E-state index is 12.9. The number of rotatable bonds is 4. The number of nitrogens with one attached hydrogen (secondary N) is 1. The largest absolute Gasteiger partial charge is 0.366 e. The third kappa shape index (κ3) is 3.93. The van der Waals surface area contributed by atoms with Gasteiger partial charge < -0.3 is 10.2 Å². The fraction of sp³-hybridized carbons (Fsp3) is 0.412. The molecule has 22 heavy (non-hydrogen) atoms. The zero-order valence-corrected chi connectivity index (χ0v) is 12.6. The average molecular weight is 300 g/mol. The van der Waals surface area contributed by atoms with E-state index < -0.39 is 0 Å². The summed E-state index contributed by atoms with van der Waals surface area (Å²) in [7, 11) is 0. The van der Waals surface area contributed by atoms with Gasteiger partial charge in [-0.2, -0.15) is 4.98 Å². The summed E-state index contributed by atoms with van der Waals surface area (Å²) in [6.07, 6.45) is 6.78. The number of benzene rings is 1. The molecule has 3 rings (SSSR count). The molecule has 0 amide bonds. The maximum absolute atomic E-state index is 12.9. The Labute approximate surface area is 130 Å². The van der Waals surface area contributed by atoms with Crippen LogP contribution in [0.4, 0.5) is 16.2 Å². The van der Waals surface area contributed by atoms with E-state index in [2.05, 4.69) is 20.2 Å². The molecule has 0 spiro atoms. The zero-order valence-electron chi connectivity index (χ0n) is 12.6. The molecule has 2 heterocycles. The van der Waals surface area contributed by atoms with Crippen molar-refractivity contribution >= 4 is 11.8 Å². The lowest BCUT2D eigenvalue weighted by Gasteiger charge is -2.20. The molecule has 5 heteroatoms. The molecule has 1 N–H and O–H groups in total. The summed E-state index contributed by atoms with van der Waals surface area (Å²) < 4.78 is 12.9. The van der Waals surface area contributed by atoms with Crippen molar-refractivity contribution in [3.05, 3.63) is 47.9 Å². The van der Waals surface area contributed by atoms with Gasteiger partial charge in [-0.1, -0.05) is 25.0 Å². The topological polar surface area (TPSA) is 41.1 Å². The first-order valence-corrected chi connectivity index (χ1v) is 7.87. The van der Waals surface area contributed by atoms with Crippen LogP contribution in [0.5, 0.6) is 0 Å². The lowest BCUT2D eigenvalue weighted by molar-refractivity contribution is 0.627. The maximum Gasteiger partial charge on any atom is 0.227 e. The fourth-order valence-corrected chi connectivity index (χ4v) is 2.66. The molecule has 1 fully saturated rings. The van der Waals surface area contributed by atoms with Crippen molar-refractivity contribution in [2.75, 3.05) is 23.3 Å². The van der Waals surface area contributed by atoms with E-state index in [1.807, 2.05) is 6.07 Å². The van der Waals surface area contributed by atoms with Crippen molar-refractivity contribution in [3.8, 4) is 0 Å². The standard InChI is InChI=1S/C17H21FN4/c18-15-7-5-14(6-8-15)13-20-16-9-10-19-17(21-16)22-11-3-1-2-4-12-22/h5-10H,1-4,11-13H2,(H,19,20,21). The minimum absolute atomic E-state index is 0.214. The van der Waals surface area contributed by atoms with Crippen molar-refractivity contribution in [3.63, 3.8) is 0 Å². The van der Waals surface area contributed by atoms with Crippen LogP contribution in [0.25, 0.3) is 0 Å². The molecule has 1 aliphatic rings. The summed E-state index contributed by atoms with van der Waals surface area (Å²) in [6.45, 7) is 2.68. The minimum atomic E-state index is -0.214. The second-order valence-corrected chi connectivity index (χ2v) is 5.62. The SMILES string of the molecule is Fc1ccc(CNc2ccnc(N3CCCCCC3)n2)cc1. The van der Waals surface area contributed by atoms with Gasteiger partial charge in [-0.05, 0) is 36.6 Å². The van der Waals surface area contributed by atoms with Gasteiger partial charge in [-0.15, -0.1) is 0 Å². The van der Waals surface area contributed by atoms with Crippen LogP contribution in [0.3, 0.4) is 0 Å². The van der Waals surface area contributed by atoms with E-state index in [0.29, 0.717) is 6.54 Å². The van der Waals surface area contributed by atoms with Gasteiger partial charge in [0.2, 0.25) is 5.95 Å². The fourth-order valence-electron chi connectivity index (χ4n) is 2.66. The Morgan fingerprint density at radius 1 is 1.00 bits per heavy atom. The first-order chi connectivity index (χ1) is 10.8. The second-order valence-electron chi connectivity index (χ2n) is 5.62. The summed E-state index contributed by atoms with van der Waals surface area (Å²) in [5.74, 6) is 1.39. The van der Waals surface area contributed by atoms with Gasteiger partial charge in [0, 0.05) is 25.8 Å². The van der Waals surface area contributed by atoms with Gasteiger partial charge in [0.15, 0.2) is 0 Å². The molecule has 2 aromatic rings. The van der Waals surface area contributed by atoms with Gasteiger partial charge in [0.25, 0.3) is 0 Å². The summed E-state index contributed by atoms with van der Waals surface area (Å²) in [4.78, 5) is 11.3. The molecule has 1 aromatic carbocycles. The summed E-state index contributed by atoms with van der Waals surface area (Å²) in [5, 5.41) is 3.28. The number of aromatic nitrogens is 2. The van der Waals surface area contributed by atoms with Crippen LogP contribution in [-0.2, 0) is 6.54 Å². The Morgan fingerprint density at radius 3 is 2.45 bits per heavy atom. The Hall–Kier alpha value is -2.17. The molecule has 0 unspecified atom stereocenters. The molecule has 1 aliphatic heterocycles. The lowest BCUT2D eigenvalue weighted by Crippen LogP contribution is -2.26. The van der Waals surface area contributed by atoms with Gasteiger partial charge in [-0.25, -0.2) is 9.37 Å². The Kier molecular flexibility index (Phi) is 4.83. The first-order valence-electron chi connectivity index (χ1n) is 7.87. The van der Waals surface area contributed by atoms with Crippen LogP contribution in [0.1, 0.15) is 31.2 Å². The van der Waals surface area contributed by atoms with Gasteiger partial charge in [0.05, 0.1) is 0 Å². The highest BCUT2D eigenvalue weighted by molar-refractivity contribution is 5.42. The van der Waals surface area contributed by atoms with E-state index in [4.69, 9.17) is 0 Å². The molecule has 0 aliphatic carbocycles. The third-order valence-electron chi connectivity index (χ3n) is 3.92. The summed E-state index contributed by atoms with van der Waals surface area (Å²) in [6, 6.07) is 8.36. The number of hydrogen-bond donors (Lipinski definition) is 1. The number of halogens is 1. The van der Waals surface area contributed by atoms with Crippen LogP contribution < -0.4 is 10.2 Å². The highest BCUT2D eigenvalue weighted by Crippen LogP contribution is 2.17. The molecule has 0 radical (unpaired) electrons. The summed E-state index contributed by atoms with van der Waals surface area (Å²) in [5.41, 5.74) is 1.02.